The predicted octanol–water partition coefficient (Wildman–Crippen LogP) is 13.1. The maximum atomic E-state index is 6.42. The van der Waals surface area contributed by atoms with Crippen molar-refractivity contribution in [2.24, 2.45) is 0 Å². The van der Waals surface area contributed by atoms with Crippen LogP contribution < -0.4 is 4.90 Å². The molecular formula is C51H43NO. The third-order valence-corrected chi connectivity index (χ3v) is 12.1. The van der Waals surface area contributed by atoms with E-state index in [1.165, 1.54) is 66.9 Å². The predicted molar refractivity (Wildman–Crippen MR) is 221 cm³/mol. The molecule has 0 saturated heterocycles. The minimum absolute atomic E-state index is 0.0513. The van der Waals surface area contributed by atoms with Gasteiger partial charge in [0.15, 0.2) is 0 Å². The standard InChI is InChI=1S/C51H43NO/c1-51(2)47-17-8-6-13-43(47)44-32-31-41(33-48(44)51)52(39-27-23-36(24-28-39)34-11-4-3-5-12-34)40-29-25-37(26-30-40)35-19-21-38(22-20-35)42-15-10-16-46-45-14-7-9-18-49(45)53-50(42)46/h3-14,16-23,25-29,31-33,36,40,42H,15,24,30H2,1-2H3. The summed E-state index contributed by atoms with van der Waals surface area (Å²) < 4.78 is 6.42. The highest BCUT2D eigenvalue weighted by molar-refractivity contribution is 5.90. The summed E-state index contributed by atoms with van der Waals surface area (Å²) in [7, 11) is 0. The van der Waals surface area contributed by atoms with Crippen LogP contribution in [0.25, 0.3) is 33.7 Å². The first-order chi connectivity index (χ1) is 26.0. The van der Waals surface area contributed by atoms with Gasteiger partial charge >= 0.3 is 0 Å². The Kier molecular flexibility index (Phi) is 7.61. The molecule has 2 nitrogen and oxygen atoms in total. The fraction of sp³-hybridized carbons (Fsp3) is 0.176. The number of fused-ring (bicyclic) bond motifs is 6. The summed E-state index contributed by atoms with van der Waals surface area (Å²) >= 11 is 0. The second kappa shape index (κ2) is 12.7. The van der Waals surface area contributed by atoms with Crippen molar-refractivity contribution in [2.45, 2.75) is 56.4 Å². The van der Waals surface area contributed by atoms with Gasteiger partial charge in [-0.1, -0.05) is 160 Å². The topological polar surface area (TPSA) is 16.4 Å². The summed E-state index contributed by atoms with van der Waals surface area (Å²) in [5.74, 6) is 1.71. The van der Waals surface area contributed by atoms with Gasteiger partial charge in [0.1, 0.15) is 11.3 Å². The smallest absolute Gasteiger partial charge is 0.134 e. The summed E-state index contributed by atoms with van der Waals surface area (Å²) in [6, 6.07) is 44.7. The Bertz CT molecular complexity index is 2520. The van der Waals surface area contributed by atoms with Crippen LogP contribution in [0.4, 0.5) is 5.69 Å². The van der Waals surface area contributed by atoms with Gasteiger partial charge in [0.05, 0.1) is 6.04 Å². The molecule has 4 aliphatic rings. The minimum Gasteiger partial charge on any atom is -0.460 e. The molecule has 4 aliphatic carbocycles. The van der Waals surface area contributed by atoms with E-state index in [9.17, 15) is 0 Å². The molecule has 2 heteroatoms. The summed E-state index contributed by atoms with van der Waals surface area (Å²) in [6.07, 6.45) is 21.8. The van der Waals surface area contributed by atoms with Gasteiger partial charge in [0, 0.05) is 39.6 Å². The number of rotatable bonds is 6. The quantitative estimate of drug-likeness (QED) is 0.173. The zero-order valence-electron chi connectivity index (χ0n) is 30.4. The van der Waals surface area contributed by atoms with E-state index >= 15 is 0 Å². The molecular weight excluding hydrogens is 643 g/mol. The van der Waals surface area contributed by atoms with Gasteiger partial charge in [-0.25, -0.2) is 0 Å². The number of benzene rings is 5. The van der Waals surface area contributed by atoms with Crippen molar-refractivity contribution in [3.05, 3.63) is 209 Å². The van der Waals surface area contributed by atoms with Crippen molar-refractivity contribution < 1.29 is 4.42 Å². The molecule has 10 rings (SSSR count). The van der Waals surface area contributed by atoms with Crippen molar-refractivity contribution in [3.8, 4) is 11.1 Å². The first kappa shape index (κ1) is 31.8. The van der Waals surface area contributed by atoms with Crippen molar-refractivity contribution in [1.82, 2.24) is 0 Å². The summed E-state index contributed by atoms with van der Waals surface area (Å²) in [6.45, 7) is 4.74. The van der Waals surface area contributed by atoms with Crippen LogP contribution in [0.1, 0.15) is 84.1 Å². The Labute approximate surface area is 312 Å². The molecule has 0 aliphatic heterocycles. The lowest BCUT2D eigenvalue weighted by Gasteiger charge is -2.36. The van der Waals surface area contributed by atoms with E-state index in [4.69, 9.17) is 4.42 Å². The van der Waals surface area contributed by atoms with Gasteiger partial charge in [0.25, 0.3) is 0 Å². The molecule has 0 bridgehead atoms. The summed E-state index contributed by atoms with van der Waals surface area (Å²) in [5, 5.41) is 1.20. The highest BCUT2D eigenvalue weighted by Crippen LogP contribution is 2.50. The zero-order chi connectivity index (χ0) is 35.5. The number of para-hydroxylation sites is 1. The third-order valence-electron chi connectivity index (χ3n) is 12.1. The van der Waals surface area contributed by atoms with Crippen LogP contribution in [0.2, 0.25) is 0 Å². The molecule has 258 valence electrons. The Morgan fingerprint density at radius 1 is 0.642 bits per heavy atom. The number of hydrogen-bond donors (Lipinski definition) is 0. The normalized spacial score (nSPS) is 20.8. The van der Waals surface area contributed by atoms with E-state index in [1.54, 1.807) is 0 Å². The Morgan fingerprint density at radius 2 is 1.43 bits per heavy atom. The van der Waals surface area contributed by atoms with Crippen LogP contribution in [0.15, 0.2) is 174 Å². The highest BCUT2D eigenvalue weighted by Gasteiger charge is 2.36. The van der Waals surface area contributed by atoms with E-state index in [-0.39, 0.29) is 17.4 Å². The first-order valence-corrected chi connectivity index (χ1v) is 19.2. The number of hydrogen-bond acceptors (Lipinski definition) is 2. The van der Waals surface area contributed by atoms with Crippen LogP contribution in [-0.4, -0.2) is 6.04 Å². The third kappa shape index (κ3) is 5.39. The number of anilines is 1. The van der Waals surface area contributed by atoms with Crippen LogP contribution >= 0.6 is 0 Å². The molecule has 6 aromatic rings. The van der Waals surface area contributed by atoms with E-state index in [0.717, 1.165) is 30.6 Å². The van der Waals surface area contributed by atoms with Crippen LogP contribution in [0, 0.1) is 0 Å². The van der Waals surface area contributed by atoms with Gasteiger partial charge < -0.3 is 9.32 Å². The second-order valence-corrected chi connectivity index (χ2v) is 15.5. The first-order valence-electron chi connectivity index (χ1n) is 19.2. The van der Waals surface area contributed by atoms with E-state index in [1.807, 2.05) is 0 Å². The summed E-state index contributed by atoms with van der Waals surface area (Å²) in [4.78, 5) is 2.57. The number of furan rings is 1. The molecule has 0 fully saturated rings. The lowest BCUT2D eigenvalue weighted by atomic mass is 9.82. The van der Waals surface area contributed by atoms with Crippen LogP contribution in [-0.2, 0) is 5.41 Å². The Hall–Kier alpha value is -5.86. The van der Waals surface area contributed by atoms with Gasteiger partial charge in [-0.15, -0.1) is 0 Å². The second-order valence-electron chi connectivity index (χ2n) is 15.5. The molecule has 0 N–H and O–H groups in total. The maximum Gasteiger partial charge on any atom is 0.134 e. The van der Waals surface area contributed by atoms with Crippen molar-refractivity contribution in [2.75, 3.05) is 4.90 Å². The Balaban J connectivity index is 0.941. The van der Waals surface area contributed by atoms with Gasteiger partial charge in [0.2, 0.25) is 0 Å². The van der Waals surface area contributed by atoms with Crippen LogP contribution in [0.5, 0.6) is 0 Å². The molecule has 5 aromatic carbocycles. The van der Waals surface area contributed by atoms with Crippen molar-refractivity contribution in [3.63, 3.8) is 0 Å². The fourth-order valence-corrected chi connectivity index (χ4v) is 9.26. The van der Waals surface area contributed by atoms with Gasteiger partial charge in [-0.05, 0) is 88.1 Å². The molecule has 53 heavy (non-hydrogen) atoms. The Morgan fingerprint density at radius 3 is 2.25 bits per heavy atom. The van der Waals surface area contributed by atoms with Gasteiger partial charge in [-0.2, -0.15) is 0 Å². The lowest BCUT2D eigenvalue weighted by Crippen LogP contribution is -2.34. The minimum atomic E-state index is -0.0513. The van der Waals surface area contributed by atoms with E-state index in [0.29, 0.717) is 5.92 Å². The van der Waals surface area contributed by atoms with E-state index < -0.39 is 0 Å². The SMILES string of the molecule is CC1(C)c2ccccc2-c2ccc(N(C3=CCC(c4ccccc4)C=C3)C3C=CC(c4ccc(C5CC=Cc6c5oc5ccccc65)cc4)=CC3)cc21. The molecule has 0 saturated carbocycles. The molecule has 3 atom stereocenters. The van der Waals surface area contributed by atoms with Crippen LogP contribution in [0.3, 0.4) is 0 Å². The number of nitrogens with zero attached hydrogens (tertiary/aromatic N) is 1. The summed E-state index contributed by atoms with van der Waals surface area (Å²) in [5.41, 5.74) is 15.4. The molecule has 0 spiro atoms. The largest absolute Gasteiger partial charge is 0.460 e. The monoisotopic (exact) mass is 685 g/mol. The van der Waals surface area contributed by atoms with Crippen molar-refractivity contribution in [1.29, 1.82) is 0 Å². The zero-order valence-corrected chi connectivity index (χ0v) is 30.4. The molecule has 1 aromatic heterocycles. The average molecular weight is 686 g/mol. The highest BCUT2D eigenvalue weighted by atomic mass is 16.3. The van der Waals surface area contributed by atoms with Gasteiger partial charge in [-0.3, -0.25) is 0 Å². The molecule has 3 unspecified atom stereocenters. The molecule has 0 radical (unpaired) electrons. The average Bonchev–Trinajstić information content (AvgIpc) is 3.71. The maximum absolute atomic E-state index is 6.42. The molecule has 0 amide bonds. The number of allylic oxidation sites excluding steroid dienone is 6. The molecule has 1 heterocycles. The van der Waals surface area contributed by atoms with Crippen molar-refractivity contribution >= 4 is 28.3 Å². The fourth-order valence-electron chi connectivity index (χ4n) is 9.26. The van der Waals surface area contributed by atoms with E-state index in [2.05, 4.69) is 189 Å². The lowest BCUT2D eigenvalue weighted by molar-refractivity contribution is 0.517.